The summed E-state index contributed by atoms with van der Waals surface area (Å²) in [7, 11) is -3.71. The molecule has 0 unspecified atom stereocenters. The second-order valence-corrected chi connectivity index (χ2v) is 8.41. The molecular weight excluding hydrogens is 405 g/mol. The van der Waals surface area contributed by atoms with Crippen molar-refractivity contribution in [2.24, 2.45) is 5.73 Å². The lowest BCUT2D eigenvalue weighted by Crippen LogP contribution is -2.36. The zero-order chi connectivity index (χ0) is 18.3. The van der Waals surface area contributed by atoms with Crippen LogP contribution in [0.2, 0.25) is 5.02 Å². The van der Waals surface area contributed by atoms with E-state index < -0.39 is 16.1 Å². The number of nitrogens with two attached hydrogens (primary N) is 1. The number of anilines is 1. The Hall–Kier alpha value is -0.510. The molecule has 0 heterocycles. The molecule has 0 bridgehead atoms. The number of benzene rings is 1. The van der Waals surface area contributed by atoms with Crippen molar-refractivity contribution in [3.8, 4) is 0 Å². The smallest absolute Gasteiger partial charge is 0.244 e. The van der Waals surface area contributed by atoms with Gasteiger partial charge in [0.25, 0.3) is 0 Å². The van der Waals surface area contributed by atoms with Gasteiger partial charge in [0.2, 0.25) is 15.9 Å². The van der Waals surface area contributed by atoms with Gasteiger partial charge in [0.15, 0.2) is 0 Å². The number of rotatable bonds is 9. The maximum Gasteiger partial charge on any atom is 0.244 e. The summed E-state index contributed by atoms with van der Waals surface area (Å²) >= 11 is 7.67. The molecule has 1 amide bonds. The topological polar surface area (TPSA) is 92.5 Å². The molecular formula is C15H25Cl2N3O3S2. The van der Waals surface area contributed by atoms with Crippen LogP contribution in [0, 0.1) is 0 Å². The number of carbonyl (C=O) groups excluding carboxylic acids is 1. The molecule has 1 aromatic rings. The van der Waals surface area contributed by atoms with Crippen LogP contribution in [-0.4, -0.2) is 49.8 Å². The molecule has 25 heavy (non-hydrogen) atoms. The lowest BCUT2D eigenvalue weighted by molar-refractivity contribution is -0.117. The van der Waals surface area contributed by atoms with E-state index in [1.807, 2.05) is 6.26 Å². The van der Waals surface area contributed by atoms with Crippen LogP contribution in [0.25, 0.3) is 0 Å². The summed E-state index contributed by atoms with van der Waals surface area (Å²) in [5.74, 6) is 0.425. The minimum Gasteiger partial charge on any atom is -0.325 e. The molecule has 0 aliphatic rings. The summed E-state index contributed by atoms with van der Waals surface area (Å²) in [5.41, 5.74) is 6.17. The van der Waals surface area contributed by atoms with Gasteiger partial charge in [0.05, 0.1) is 11.1 Å². The number of amides is 1. The number of hydrogen-bond acceptors (Lipinski definition) is 5. The predicted octanol–water partition coefficient (Wildman–Crippen LogP) is 2.81. The summed E-state index contributed by atoms with van der Waals surface area (Å²) < 4.78 is 26.6. The molecule has 0 radical (unpaired) electrons. The molecule has 0 saturated carbocycles. The Balaban J connectivity index is 0.00000576. The molecule has 0 aliphatic carbocycles. The van der Waals surface area contributed by atoms with E-state index >= 15 is 0 Å². The van der Waals surface area contributed by atoms with E-state index in [4.69, 9.17) is 17.3 Å². The molecule has 3 N–H and O–H groups in total. The van der Waals surface area contributed by atoms with Gasteiger partial charge in [0.1, 0.15) is 4.90 Å². The van der Waals surface area contributed by atoms with E-state index in [1.54, 1.807) is 31.7 Å². The summed E-state index contributed by atoms with van der Waals surface area (Å²) in [6, 6.07) is 3.75. The largest absolute Gasteiger partial charge is 0.325 e. The highest BCUT2D eigenvalue weighted by molar-refractivity contribution is 7.98. The summed E-state index contributed by atoms with van der Waals surface area (Å²) in [6.45, 7) is 4.19. The molecule has 144 valence electrons. The average molecular weight is 430 g/mol. The first kappa shape index (κ1) is 24.5. The second kappa shape index (κ2) is 11.3. The van der Waals surface area contributed by atoms with Crippen LogP contribution in [0.1, 0.15) is 20.3 Å². The van der Waals surface area contributed by atoms with Crippen molar-refractivity contribution < 1.29 is 13.2 Å². The molecule has 1 rings (SSSR count). The first-order valence-electron chi connectivity index (χ1n) is 7.63. The van der Waals surface area contributed by atoms with Crippen LogP contribution in [0.3, 0.4) is 0 Å². The normalized spacial score (nSPS) is 12.6. The molecule has 0 aliphatic heterocycles. The van der Waals surface area contributed by atoms with E-state index in [1.165, 1.54) is 16.4 Å². The van der Waals surface area contributed by atoms with E-state index in [2.05, 4.69) is 5.32 Å². The van der Waals surface area contributed by atoms with Crippen LogP contribution in [0.5, 0.6) is 0 Å². The van der Waals surface area contributed by atoms with Gasteiger partial charge in [-0.1, -0.05) is 25.4 Å². The fraction of sp³-hybridized carbons (Fsp3) is 0.533. The van der Waals surface area contributed by atoms with E-state index in [0.29, 0.717) is 25.2 Å². The predicted molar refractivity (Wildman–Crippen MR) is 108 cm³/mol. The molecule has 1 atom stereocenters. The Bertz CT molecular complexity index is 668. The van der Waals surface area contributed by atoms with Crippen LogP contribution in [-0.2, 0) is 14.8 Å². The van der Waals surface area contributed by atoms with Gasteiger partial charge in [0, 0.05) is 18.8 Å². The number of hydrogen-bond donors (Lipinski definition) is 2. The molecule has 10 heteroatoms. The third-order valence-electron chi connectivity index (χ3n) is 3.49. The first-order valence-corrected chi connectivity index (χ1v) is 10.8. The van der Waals surface area contributed by atoms with Crippen LogP contribution >= 0.6 is 35.8 Å². The Labute approximate surface area is 165 Å². The highest BCUT2D eigenvalue weighted by atomic mass is 35.5. The maximum atomic E-state index is 12.6. The van der Waals surface area contributed by atoms with Crippen molar-refractivity contribution in [1.29, 1.82) is 0 Å². The van der Waals surface area contributed by atoms with Gasteiger partial charge in [-0.2, -0.15) is 16.1 Å². The van der Waals surface area contributed by atoms with Crippen molar-refractivity contribution in [3.63, 3.8) is 0 Å². The summed E-state index contributed by atoms with van der Waals surface area (Å²) in [6.07, 6.45) is 2.49. The summed E-state index contributed by atoms with van der Waals surface area (Å²) in [4.78, 5) is 12.0. The number of carbonyl (C=O) groups is 1. The van der Waals surface area contributed by atoms with E-state index in [9.17, 15) is 13.2 Å². The SMILES string of the molecule is CCN(CC)S(=O)(=O)c1cc(NC(=O)[C@@H](N)CCSC)ccc1Cl.Cl. The van der Waals surface area contributed by atoms with Crippen LogP contribution in [0.15, 0.2) is 23.1 Å². The van der Waals surface area contributed by atoms with Gasteiger partial charge in [-0.15, -0.1) is 12.4 Å². The number of nitrogens with one attached hydrogen (secondary N) is 1. The molecule has 6 nitrogen and oxygen atoms in total. The van der Waals surface area contributed by atoms with Crippen LogP contribution in [0.4, 0.5) is 5.69 Å². The Kier molecular flexibility index (Phi) is 11.0. The highest BCUT2D eigenvalue weighted by Crippen LogP contribution is 2.27. The third-order valence-corrected chi connectivity index (χ3v) is 6.67. The second-order valence-electron chi connectivity index (χ2n) is 5.11. The van der Waals surface area contributed by atoms with E-state index in [-0.39, 0.29) is 28.2 Å². The van der Waals surface area contributed by atoms with Crippen molar-refractivity contribution in [1.82, 2.24) is 4.31 Å². The highest BCUT2D eigenvalue weighted by Gasteiger charge is 2.25. The fourth-order valence-corrected chi connectivity index (χ4v) is 4.54. The van der Waals surface area contributed by atoms with Gasteiger partial charge < -0.3 is 11.1 Å². The zero-order valence-electron chi connectivity index (χ0n) is 14.5. The fourth-order valence-electron chi connectivity index (χ4n) is 2.09. The lowest BCUT2D eigenvalue weighted by atomic mass is 10.2. The number of thioether (sulfide) groups is 1. The standard InChI is InChI=1S/C15H24ClN3O3S2.ClH/c1-4-19(5-2)24(21,22)14-10-11(6-7-12(14)16)18-15(20)13(17)8-9-23-3;/h6-7,10,13H,4-5,8-9,17H2,1-3H3,(H,18,20);1H/t13-;/m0./s1. The molecule has 1 aromatic carbocycles. The van der Waals surface area contributed by atoms with Gasteiger partial charge >= 0.3 is 0 Å². The molecule has 0 aromatic heterocycles. The average Bonchev–Trinajstić information content (AvgIpc) is 2.54. The van der Waals surface area contributed by atoms with Crippen molar-refractivity contribution in [3.05, 3.63) is 23.2 Å². The lowest BCUT2D eigenvalue weighted by Gasteiger charge is -2.20. The van der Waals surface area contributed by atoms with Crippen molar-refractivity contribution >= 4 is 57.4 Å². The third kappa shape index (κ3) is 6.62. The zero-order valence-corrected chi connectivity index (χ0v) is 17.7. The molecule has 0 fully saturated rings. The molecule has 0 saturated heterocycles. The maximum absolute atomic E-state index is 12.6. The van der Waals surface area contributed by atoms with E-state index in [0.717, 1.165) is 5.75 Å². The monoisotopic (exact) mass is 429 g/mol. The minimum atomic E-state index is -3.71. The molecule has 0 spiro atoms. The number of nitrogens with zero attached hydrogens (tertiary/aromatic N) is 1. The Morgan fingerprint density at radius 3 is 2.48 bits per heavy atom. The quantitative estimate of drug-likeness (QED) is 0.629. The van der Waals surface area contributed by atoms with Crippen LogP contribution < -0.4 is 11.1 Å². The van der Waals surface area contributed by atoms with Crippen molar-refractivity contribution in [2.45, 2.75) is 31.2 Å². The van der Waals surface area contributed by atoms with Gasteiger partial charge in [-0.3, -0.25) is 4.79 Å². The van der Waals surface area contributed by atoms with Crippen molar-refractivity contribution in [2.75, 3.05) is 30.4 Å². The minimum absolute atomic E-state index is 0. The van der Waals surface area contributed by atoms with Gasteiger partial charge in [-0.05, 0) is 36.6 Å². The number of sulfonamides is 1. The summed E-state index contributed by atoms with van der Waals surface area (Å²) in [5, 5.41) is 2.77. The van der Waals surface area contributed by atoms with Gasteiger partial charge in [-0.25, -0.2) is 8.42 Å². The number of halogens is 2. The first-order chi connectivity index (χ1) is 11.3. The Morgan fingerprint density at radius 2 is 1.96 bits per heavy atom. The Morgan fingerprint density at radius 1 is 1.36 bits per heavy atom.